The zero-order valence-corrected chi connectivity index (χ0v) is 21.2. The average molecular weight is 486 g/mol. The lowest BCUT2D eigenvalue weighted by Crippen LogP contribution is -2.44. The van der Waals surface area contributed by atoms with Crippen LogP contribution in [0.1, 0.15) is 43.5 Å². The van der Waals surface area contributed by atoms with Crippen LogP contribution in [0.2, 0.25) is 0 Å². The van der Waals surface area contributed by atoms with E-state index in [1.807, 2.05) is 68.4 Å². The summed E-state index contributed by atoms with van der Waals surface area (Å²) in [5.74, 6) is -1.10. The Bertz CT molecular complexity index is 1310. The van der Waals surface area contributed by atoms with Gasteiger partial charge in [-0.25, -0.2) is 4.79 Å². The van der Waals surface area contributed by atoms with Crippen molar-refractivity contribution < 1.29 is 19.1 Å². The molecule has 1 unspecified atom stereocenters. The average Bonchev–Trinajstić information content (AvgIpc) is 2.79. The topological polar surface area (TPSA) is 87.7 Å². The van der Waals surface area contributed by atoms with Crippen LogP contribution in [0.5, 0.6) is 0 Å². The highest BCUT2D eigenvalue weighted by atomic mass is 16.6. The number of carbonyl (C=O) groups excluding carboxylic acids is 3. The first-order chi connectivity index (χ1) is 17.0. The minimum Gasteiger partial charge on any atom is -0.444 e. The molecule has 0 aliphatic rings. The molecule has 0 heterocycles. The van der Waals surface area contributed by atoms with Crippen molar-refractivity contribution in [1.29, 1.82) is 0 Å². The Morgan fingerprint density at radius 3 is 2.22 bits per heavy atom. The number of ether oxygens (including phenoxy) is 1. The molecule has 0 spiro atoms. The van der Waals surface area contributed by atoms with Gasteiger partial charge in [-0.15, -0.1) is 0 Å². The molecular formula is C29H31N3O4. The van der Waals surface area contributed by atoms with E-state index in [4.69, 9.17) is 11.2 Å². The number of amides is 3. The Labute approximate surface area is 211 Å². The summed E-state index contributed by atoms with van der Waals surface area (Å²) in [7, 11) is 0. The summed E-state index contributed by atoms with van der Waals surface area (Å²) in [5, 5.41) is 7.31. The molecule has 7 heteroatoms. The van der Waals surface area contributed by atoms with Gasteiger partial charge in [0.1, 0.15) is 18.2 Å². The molecule has 0 fully saturated rings. The number of terminal acetylenes is 1. The third-order valence-electron chi connectivity index (χ3n) is 5.27. The van der Waals surface area contributed by atoms with Gasteiger partial charge in [-0.3, -0.25) is 14.5 Å². The number of anilines is 1. The van der Waals surface area contributed by atoms with Crippen molar-refractivity contribution in [3.63, 3.8) is 0 Å². The monoisotopic (exact) mass is 485 g/mol. The largest absolute Gasteiger partial charge is 0.444 e. The molecule has 36 heavy (non-hydrogen) atoms. The molecule has 0 radical (unpaired) electrons. The predicted molar refractivity (Wildman–Crippen MR) is 141 cm³/mol. The highest BCUT2D eigenvalue weighted by Crippen LogP contribution is 2.26. The molecule has 3 rings (SSSR count). The normalized spacial score (nSPS) is 11.8. The molecule has 2 N–H and O–H groups in total. The number of fused-ring (bicyclic) bond motifs is 1. The lowest BCUT2D eigenvalue weighted by atomic mass is 9.99. The standard InChI is InChI=1S/C29H31N3O4/c1-7-32(25(33)18-30-28(35)36-29(4,5)6)26(23-15-19(2)14-20(3)16-23)27(34)31-24-13-12-21-10-8-9-11-22(21)17-24/h1,8-17,26H,18H2,2-6H3,(H,30,35)(H,31,34). The zero-order chi connectivity index (χ0) is 26.5. The fourth-order valence-electron chi connectivity index (χ4n) is 3.90. The Hall–Kier alpha value is -4.31. The fourth-order valence-corrected chi connectivity index (χ4v) is 3.90. The summed E-state index contributed by atoms with van der Waals surface area (Å²) < 4.78 is 5.19. The van der Waals surface area contributed by atoms with Crippen LogP contribution in [0.4, 0.5) is 10.5 Å². The smallest absolute Gasteiger partial charge is 0.408 e. The van der Waals surface area contributed by atoms with Crippen molar-refractivity contribution in [3.8, 4) is 12.5 Å². The fraction of sp³-hybridized carbons (Fsp3) is 0.276. The first kappa shape index (κ1) is 26.3. The molecule has 3 aromatic carbocycles. The van der Waals surface area contributed by atoms with Gasteiger partial charge in [0.25, 0.3) is 11.8 Å². The Kier molecular flexibility index (Phi) is 8.00. The molecule has 3 amide bonds. The van der Waals surface area contributed by atoms with Crippen molar-refractivity contribution in [1.82, 2.24) is 10.2 Å². The SMILES string of the molecule is C#CN(C(=O)CNC(=O)OC(C)(C)C)C(C(=O)Nc1ccc2ccccc2c1)c1cc(C)cc(C)c1. The maximum atomic E-state index is 13.6. The molecule has 0 saturated carbocycles. The molecule has 0 aromatic heterocycles. The Morgan fingerprint density at radius 1 is 0.972 bits per heavy atom. The molecular weight excluding hydrogens is 454 g/mol. The third kappa shape index (κ3) is 6.86. The molecule has 7 nitrogen and oxygen atoms in total. The van der Waals surface area contributed by atoms with Gasteiger partial charge in [-0.2, -0.15) is 0 Å². The van der Waals surface area contributed by atoms with Gasteiger partial charge in [0.05, 0.1) is 0 Å². The number of rotatable bonds is 6. The van der Waals surface area contributed by atoms with Crippen LogP contribution in [-0.2, 0) is 14.3 Å². The number of hydrogen-bond acceptors (Lipinski definition) is 4. The van der Waals surface area contributed by atoms with Gasteiger partial charge >= 0.3 is 6.09 Å². The second kappa shape index (κ2) is 11.0. The molecule has 3 aromatic rings. The van der Waals surface area contributed by atoms with Gasteiger partial charge in [0, 0.05) is 11.7 Å². The van der Waals surface area contributed by atoms with E-state index in [-0.39, 0.29) is 0 Å². The van der Waals surface area contributed by atoms with Crippen LogP contribution >= 0.6 is 0 Å². The second-order valence-corrected chi connectivity index (χ2v) is 9.62. The number of nitrogens with one attached hydrogen (secondary N) is 2. The highest BCUT2D eigenvalue weighted by Gasteiger charge is 2.31. The first-order valence-electron chi connectivity index (χ1n) is 11.6. The Morgan fingerprint density at radius 2 is 1.61 bits per heavy atom. The van der Waals surface area contributed by atoms with Gasteiger partial charge in [-0.05, 0) is 63.1 Å². The minimum absolute atomic E-state index is 0.427. The van der Waals surface area contributed by atoms with E-state index in [9.17, 15) is 14.4 Å². The van der Waals surface area contributed by atoms with E-state index >= 15 is 0 Å². The highest BCUT2D eigenvalue weighted by molar-refractivity contribution is 6.00. The van der Waals surface area contributed by atoms with Crippen molar-refractivity contribution >= 4 is 34.4 Å². The lowest BCUT2D eigenvalue weighted by molar-refractivity contribution is -0.134. The zero-order valence-electron chi connectivity index (χ0n) is 21.2. The van der Waals surface area contributed by atoms with E-state index in [1.165, 1.54) is 0 Å². The van der Waals surface area contributed by atoms with E-state index in [1.54, 1.807) is 26.8 Å². The molecule has 0 aliphatic heterocycles. The summed E-state index contributed by atoms with van der Waals surface area (Å²) in [4.78, 5) is 39.7. The lowest BCUT2D eigenvalue weighted by Gasteiger charge is -2.27. The van der Waals surface area contributed by atoms with Crippen LogP contribution in [0.25, 0.3) is 10.8 Å². The summed E-state index contributed by atoms with van der Waals surface area (Å²) >= 11 is 0. The predicted octanol–water partition coefficient (Wildman–Crippen LogP) is 5.08. The Balaban J connectivity index is 1.90. The molecule has 0 aliphatic carbocycles. The summed E-state index contributed by atoms with van der Waals surface area (Å²) in [6.07, 6.45) is 4.98. The van der Waals surface area contributed by atoms with E-state index in [0.717, 1.165) is 26.8 Å². The summed E-state index contributed by atoms with van der Waals surface area (Å²) in [5.41, 5.74) is 2.26. The summed E-state index contributed by atoms with van der Waals surface area (Å²) in [6, 6.07) is 20.2. The van der Waals surface area contributed by atoms with Crippen LogP contribution in [0.3, 0.4) is 0 Å². The van der Waals surface area contributed by atoms with Gasteiger partial charge < -0.3 is 15.4 Å². The van der Waals surface area contributed by atoms with Gasteiger partial charge in [0.2, 0.25) is 0 Å². The van der Waals surface area contributed by atoms with E-state index in [0.29, 0.717) is 11.3 Å². The summed E-state index contributed by atoms with van der Waals surface area (Å²) in [6.45, 7) is 8.53. The van der Waals surface area contributed by atoms with Crippen molar-refractivity contribution in [2.75, 3.05) is 11.9 Å². The number of benzene rings is 3. The molecule has 1 atom stereocenters. The van der Waals surface area contributed by atoms with Crippen LogP contribution in [0.15, 0.2) is 60.7 Å². The number of alkyl carbamates (subject to hydrolysis) is 1. The third-order valence-corrected chi connectivity index (χ3v) is 5.27. The number of hydrogen-bond donors (Lipinski definition) is 2. The number of nitrogens with zero attached hydrogens (tertiary/aromatic N) is 1. The van der Waals surface area contributed by atoms with Crippen molar-refractivity contribution in [2.45, 2.75) is 46.3 Å². The second-order valence-electron chi connectivity index (χ2n) is 9.62. The van der Waals surface area contributed by atoms with Crippen molar-refractivity contribution in [2.24, 2.45) is 0 Å². The van der Waals surface area contributed by atoms with E-state index in [2.05, 4.69) is 16.7 Å². The van der Waals surface area contributed by atoms with Crippen LogP contribution in [0, 0.1) is 26.3 Å². The molecule has 0 bridgehead atoms. The van der Waals surface area contributed by atoms with Crippen LogP contribution in [-0.4, -0.2) is 35.0 Å². The van der Waals surface area contributed by atoms with Gasteiger partial charge in [-0.1, -0.05) is 66.1 Å². The molecule has 186 valence electrons. The number of carbonyl (C=O) groups is 3. The molecule has 0 saturated heterocycles. The van der Waals surface area contributed by atoms with Gasteiger partial charge in [0.15, 0.2) is 0 Å². The maximum absolute atomic E-state index is 13.6. The van der Waals surface area contributed by atoms with E-state index < -0.39 is 36.1 Å². The maximum Gasteiger partial charge on any atom is 0.408 e. The number of aryl methyl sites for hydroxylation is 2. The van der Waals surface area contributed by atoms with Crippen LogP contribution < -0.4 is 10.6 Å². The quantitative estimate of drug-likeness (QED) is 0.377. The minimum atomic E-state index is -1.12. The van der Waals surface area contributed by atoms with Crippen molar-refractivity contribution in [3.05, 3.63) is 77.4 Å². The first-order valence-corrected chi connectivity index (χ1v) is 11.6.